The van der Waals surface area contributed by atoms with E-state index < -0.39 is 0 Å². The molecule has 0 unspecified atom stereocenters. The summed E-state index contributed by atoms with van der Waals surface area (Å²) in [4.78, 5) is 7.84. The van der Waals surface area contributed by atoms with Crippen LogP contribution in [0, 0.1) is 0 Å². The van der Waals surface area contributed by atoms with Gasteiger partial charge in [0, 0.05) is 58.6 Å². The van der Waals surface area contributed by atoms with E-state index in [0.717, 1.165) is 44.4 Å². The number of rotatable bonds is 10. The van der Waals surface area contributed by atoms with Crippen LogP contribution >= 0.6 is 11.3 Å². The average Bonchev–Trinajstić information content (AvgIpc) is 2.84. The quantitative estimate of drug-likeness (QED) is 0.652. The first-order valence-electron chi connectivity index (χ1n) is 6.12. The van der Waals surface area contributed by atoms with Crippen LogP contribution in [-0.4, -0.2) is 52.6 Å². The smallest absolute Gasteiger partial charge is 0.185 e. The van der Waals surface area contributed by atoms with Crippen molar-refractivity contribution in [3.8, 4) is 0 Å². The Morgan fingerprint density at radius 1 is 1.33 bits per heavy atom. The molecule has 0 fully saturated rings. The van der Waals surface area contributed by atoms with E-state index in [1.165, 1.54) is 4.88 Å². The summed E-state index contributed by atoms with van der Waals surface area (Å²) < 4.78 is 10.0. The zero-order valence-electron chi connectivity index (χ0n) is 11.4. The van der Waals surface area contributed by atoms with Crippen LogP contribution < -0.4 is 10.2 Å². The summed E-state index contributed by atoms with van der Waals surface area (Å²) >= 11 is 1.73. The topological polar surface area (TPSA) is 46.6 Å². The van der Waals surface area contributed by atoms with Gasteiger partial charge in [-0.2, -0.15) is 0 Å². The van der Waals surface area contributed by atoms with E-state index in [-0.39, 0.29) is 0 Å². The van der Waals surface area contributed by atoms with E-state index >= 15 is 0 Å². The molecule has 1 aromatic heterocycles. The Kier molecular flexibility index (Phi) is 7.91. The first kappa shape index (κ1) is 15.4. The van der Waals surface area contributed by atoms with Crippen LogP contribution in [0.1, 0.15) is 11.3 Å². The summed E-state index contributed by atoms with van der Waals surface area (Å²) in [7, 11) is 5.51. The van der Waals surface area contributed by atoms with Gasteiger partial charge in [0.25, 0.3) is 0 Å². The van der Waals surface area contributed by atoms with Gasteiger partial charge < -0.3 is 19.7 Å². The average molecular weight is 273 g/mol. The predicted molar refractivity (Wildman–Crippen MR) is 75.5 cm³/mol. The fourth-order valence-electron chi connectivity index (χ4n) is 1.48. The molecule has 0 bridgehead atoms. The molecular weight excluding hydrogens is 250 g/mol. The van der Waals surface area contributed by atoms with Crippen molar-refractivity contribution in [1.29, 1.82) is 0 Å². The Morgan fingerprint density at radius 3 is 2.83 bits per heavy atom. The van der Waals surface area contributed by atoms with Crippen LogP contribution in [0.25, 0.3) is 0 Å². The lowest BCUT2D eigenvalue weighted by Crippen LogP contribution is -2.19. The lowest BCUT2D eigenvalue weighted by Gasteiger charge is -2.14. The summed E-state index contributed by atoms with van der Waals surface area (Å²) in [6.07, 6.45) is 2.96. The molecular formula is C12H23N3O2S. The maximum Gasteiger partial charge on any atom is 0.185 e. The molecule has 0 radical (unpaired) electrons. The lowest BCUT2D eigenvalue weighted by molar-refractivity contribution is 0.196. The van der Waals surface area contributed by atoms with Crippen LogP contribution in [0.3, 0.4) is 0 Å². The Morgan fingerprint density at radius 2 is 2.11 bits per heavy atom. The molecule has 0 aliphatic rings. The minimum Gasteiger partial charge on any atom is -0.385 e. The molecule has 0 saturated carbocycles. The molecule has 1 N–H and O–H groups in total. The molecule has 0 aromatic carbocycles. The van der Waals surface area contributed by atoms with Gasteiger partial charge in [-0.15, -0.1) is 11.3 Å². The first-order valence-corrected chi connectivity index (χ1v) is 6.94. The maximum atomic E-state index is 5.04. The molecule has 6 heteroatoms. The van der Waals surface area contributed by atoms with Crippen molar-refractivity contribution in [3.05, 3.63) is 11.1 Å². The summed E-state index contributed by atoms with van der Waals surface area (Å²) in [6, 6.07) is 0. The fourth-order valence-corrected chi connectivity index (χ4v) is 2.35. The molecule has 104 valence electrons. The number of ether oxygens (including phenoxy) is 2. The summed E-state index contributed by atoms with van der Waals surface area (Å²) in [5.41, 5.74) is 0. The Bertz CT molecular complexity index is 320. The summed E-state index contributed by atoms with van der Waals surface area (Å²) in [5.74, 6) is 0. The fraction of sp³-hybridized carbons (Fsp3) is 0.750. The minimum absolute atomic E-state index is 0.739. The standard InChI is InChI=1S/C12H23N3O2S/c1-15(6-4-7-16-2)12-14-10-11(18-12)9-13-5-8-17-3/h10,13H,4-9H2,1-3H3. The first-order chi connectivity index (χ1) is 8.77. The number of hydrogen-bond acceptors (Lipinski definition) is 6. The van der Waals surface area contributed by atoms with E-state index in [0.29, 0.717) is 0 Å². The highest BCUT2D eigenvalue weighted by Crippen LogP contribution is 2.21. The number of thiazole rings is 1. The Balaban J connectivity index is 2.28. The molecule has 0 saturated heterocycles. The SMILES string of the molecule is COCCCN(C)c1ncc(CNCCOC)s1. The van der Waals surface area contributed by atoms with Gasteiger partial charge in [0.05, 0.1) is 6.61 Å². The molecule has 18 heavy (non-hydrogen) atoms. The number of methoxy groups -OCH3 is 2. The van der Waals surface area contributed by atoms with Gasteiger partial charge in [0.15, 0.2) is 5.13 Å². The molecule has 0 amide bonds. The van der Waals surface area contributed by atoms with Crippen molar-refractivity contribution in [2.45, 2.75) is 13.0 Å². The highest BCUT2D eigenvalue weighted by Gasteiger charge is 2.06. The zero-order valence-corrected chi connectivity index (χ0v) is 12.3. The molecule has 0 aliphatic heterocycles. The number of anilines is 1. The van der Waals surface area contributed by atoms with E-state index in [1.54, 1.807) is 25.6 Å². The third-order valence-electron chi connectivity index (χ3n) is 2.49. The van der Waals surface area contributed by atoms with Crippen LogP contribution in [0.4, 0.5) is 5.13 Å². The van der Waals surface area contributed by atoms with Crippen molar-refractivity contribution in [3.63, 3.8) is 0 Å². The number of nitrogens with zero attached hydrogens (tertiary/aromatic N) is 2. The van der Waals surface area contributed by atoms with Crippen LogP contribution in [0.5, 0.6) is 0 Å². The minimum atomic E-state index is 0.739. The van der Waals surface area contributed by atoms with E-state index in [9.17, 15) is 0 Å². The monoisotopic (exact) mass is 273 g/mol. The molecule has 0 spiro atoms. The van der Waals surface area contributed by atoms with Gasteiger partial charge in [0.1, 0.15) is 0 Å². The third kappa shape index (κ3) is 5.77. The normalized spacial score (nSPS) is 10.8. The predicted octanol–water partition coefficient (Wildman–Crippen LogP) is 1.35. The molecule has 1 heterocycles. The number of nitrogens with one attached hydrogen (secondary N) is 1. The van der Waals surface area contributed by atoms with Gasteiger partial charge >= 0.3 is 0 Å². The third-order valence-corrected chi connectivity index (χ3v) is 3.60. The molecule has 0 atom stereocenters. The summed E-state index contributed by atoms with van der Waals surface area (Å²) in [6.45, 7) is 4.22. The van der Waals surface area contributed by atoms with Crippen molar-refractivity contribution >= 4 is 16.5 Å². The molecule has 5 nitrogen and oxygen atoms in total. The second kappa shape index (κ2) is 9.27. The van der Waals surface area contributed by atoms with Crippen LogP contribution in [0.15, 0.2) is 6.20 Å². The van der Waals surface area contributed by atoms with Crippen molar-refractivity contribution in [2.24, 2.45) is 0 Å². The zero-order chi connectivity index (χ0) is 13.2. The van der Waals surface area contributed by atoms with Gasteiger partial charge in [-0.3, -0.25) is 0 Å². The van der Waals surface area contributed by atoms with Gasteiger partial charge in [-0.1, -0.05) is 0 Å². The Hall–Kier alpha value is -0.690. The molecule has 0 aliphatic carbocycles. The second-order valence-corrected chi connectivity index (χ2v) is 5.14. The van der Waals surface area contributed by atoms with Crippen molar-refractivity contribution < 1.29 is 9.47 Å². The molecule has 1 rings (SSSR count). The lowest BCUT2D eigenvalue weighted by atomic mass is 10.4. The van der Waals surface area contributed by atoms with E-state index in [2.05, 4.69) is 22.2 Å². The van der Waals surface area contributed by atoms with Crippen molar-refractivity contribution in [2.75, 3.05) is 52.5 Å². The highest BCUT2D eigenvalue weighted by atomic mass is 32.1. The molecule has 1 aromatic rings. The summed E-state index contributed by atoms with van der Waals surface area (Å²) in [5, 5.41) is 4.38. The number of aromatic nitrogens is 1. The van der Waals surface area contributed by atoms with Gasteiger partial charge in [0.2, 0.25) is 0 Å². The largest absolute Gasteiger partial charge is 0.385 e. The van der Waals surface area contributed by atoms with Gasteiger partial charge in [-0.25, -0.2) is 4.98 Å². The van der Waals surface area contributed by atoms with E-state index in [4.69, 9.17) is 9.47 Å². The number of hydrogen-bond donors (Lipinski definition) is 1. The highest BCUT2D eigenvalue weighted by molar-refractivity contribution is 7.15. The van der Waals surface area contributed by atoms with E-state index in [1.807, 2.05) is 6.20 Å². The van der Waals surface area contributed by atoms with Crippen molar-refractivity contribution in [1.82, 2.24) is 10.3 Å². The Labute approximate surface area is 113 Å². The van der Waals surface area contributed by atoms with Crippen LogP contribution in [0.2, 0.25) is 0 Å². The maximum absolute atomic E-state index is 5.04. The van der Waals surface area contributed by atoms with Crippen LogP contribution in [-0.2, 0) is 16.0 Å². The second-order valence-electron chi connectivity index (χ2n) is 4.05. The van der Waals surface area contributed by atoms with Gasteiger partial charge in [-0.05, 0) is 6.42 Å².